The van der Waals surface area contributed by atoms with Gasteiger partial charge < -0.3 is 9.88 Å². The van der Waals surface area contributed by atoms with E-state index in [-0.39, 0.29) is 0 Å². The van der Waals surface area contributed by atoms with Crippen molar-refractivity contribution in [2.45, 2.75) is 25.7 Å². The maximum Gasteiger partial charge on any atom is 0.139 e. The third kappa shape index (κ3) is 1.84. The van der Waals surface area contributed by atoms with Crippen molar-refractivity contribution in [3.63, 3.8) is 0 Å². The van der Waals surface area contributed by atoms with Crippen LogP contribution >= 0.6 is 0 Å². The van der Waals surface area contributed by atoms with Crippen LogP contribution in [0.15, 0.2) is 18.3 Å². The number of nitrogens with zero attached hydrogens (tertiary/aromatic N) is 2. The van der Waals surface area contributed by atoms with Crippen molar-refractivity contribution >= 4 is 11.0 Å². The Morgan fingerprint density at radius 3 is 3.06 bits per heavy atom. The van der Waals surface area contributed by atoms with Crippen LogP contribution in [-0.4, -0.2) is 22.6 Å². The molecular formula is C14H19N3. The number of rotatable bonds is 1. The first-order valence-corrected chi connectivity index (χ1v) is 6.38. The van der Waals surface area contributed by atoms with Crippen molar-refractivity contribution < 1.29 is 0 Å². The van der Waals surface area contributed by atoms with Crippen LogP contribution in [0, 0.1) is 6.92 Å². The van der Waals surface area contributed by atoms with E-state index < -0.39 is 0 Å². The maximum absolute atomic E-state index is 4.54. The lowest BCUT2D eigenvalue weighted by Crippen LogP contribution is -2.29. The molecule has 90 valence electrons. The number of hydrogen-bond acceptors (Lipinski definition) is 2. The van der Waals surface area contributed by atoms with Gasteiger partial charge in [-0.1, -0.05) is 0 Å². The van der Waals surface area contributed by atoms with Gasteiger partial charge in [0.05, 0.1) is 0 Å². The predicted octanol–water partition coefficient (Wildman–Crippen LogP) is 2.35. The van der Waals surface area contributed by atoms with Crippen LogP contribution < -0.4 is 5.32 Å². The Morgan fingerprint density at radius 2 is 2.29 bits per heavy atom. The largest absolute Gasteiger partial charge is 0.332 e. The molecule has 0 aliphatic carbocycles. The van der Waals surface area contributed by atoms with E-state index in [9.17, 15) is 0 Å². The SMILES string of the molecule is Cc1cnc2c(c1)cc(C1CCCNC1)n2C. The predicted molar refractivity (Wildman–Crippen MR) is 70.3 cm³/mol. The molecule has 1 fully saturated rings. The zero-order valence-electron chi connectivity index (χ0n) is 10.5. The fraction of sp³-hybridized carbons (Fsp3) is 0.500. The van der Waals surface area contributed by atoms with Crippen LogP contribution in [0.2, 0.25) is 0 Å². The number of aromatic nitrogens is 2. The second kappa shape index (κ2) is 4.15. The van der Waals surface area contributed by atoms with Gasteiger partial charge in [-0.2, -0.15) is 0 Å². The summed E-state index contributed by atoms with van der Waals surface area (Å²) in [4.78, 5) is 4.54. The van der Waals surface area contributed by atoms with Crippen molar-refractivity contribution in [3.8, 4) is 0 Å². The normalized spacial score (nSPS) is 20.9. The van der Waals surface area contributed by atoms with Gasteiger partial charge in [0.15, 0.2) is 0 Å². The second-order valence-corrected chi connectivity index (χ2v) is 5.10. The summed E-state index contributed by atoms with van der Waals surface area (Å²) in [6.07, 6.45) is 4.51. The van der Waals surface area contributed by atoms with Crippen LogP contribution in [0.1, 0.15) is 30.0 Å². The van der Waals surface area contributed by atoms with Crippen LogP contribution in [0.4, 0.5) is 0 Å². The lowest BCUT2D eigenvalue weighted by atomic mass is 9.96. The fourth-order valence-corrected chi connectivity index (χ4v) is 2.85. The van der Waals surface area contributed by atoms with Crippen LogP contribution in [-0.2, 0) is 7.05 Å². The minimum Gasteiger partial charge on any atom is -0.332 e. The Kier molecular flexibility index (Phi) is 2.63. The number of hydrogen-bond donors (Lipinski definition) is 1. The van der Waals surface area contributed by atoms with Crippen LogP contribution in [0.5, 0.6) is 0 Å². The van der Waals surface area contributed by atoms with Crippen molar-refractivity contribution in [2.75, 3.05) is 13.1 Å². The van der Waals surface area contributed by atoms with Gasteiger partial charge >= 0.3 is 0 Å². The third-order valence-corrected chi connectivity index (χ3v) is 3.76. The Labute approximate surface area is 102 Å². The summed E-state index contributed by atoms with van der Waals surface area (Å²) in [5, 5.41) is 4.75. The lowest BCUT2D eigenvalue weighted by molar-refractivity contribution is 0.448. The van der Waals surface area contributed by atoms with E-state index in [0.717, 1.165) is 18.7 Å². The summed E-state index contributed by atoms with van der Waals surface area (Å²) in [5.74, 6) is 0.642. The van der Waals surface area contributed by atoms with Gasteiger partial charge in [0.1, 0.15) is 5.65 Å². The van der Waals surface area contributed by atoms with Gasteiger partial charge in [-0.05, 0) is 44.0 Å². The molecule has 0 amide bonds. The fourth-order valence-electron chi connectivity index (χ4n) is 2.85. The Balaban J connectivity index is 2.07. The summed E-state index contributed by atoms with van der Waals surface area (Å²) in [6, 6.07) is 4.54. The Morgan fingerprint density at radius 1 is 1.41 bits per heavy atom. The molecule has 2 aromatic rings. The minimum atomic E-state index is 0.642. The monoisotopic (exact) mass is 229 g/mol. The molecular weight excluding hydrogens is 210 g/mol. The highest BCUT2D eigenvalue weighted by molar-refractivity contribution is 5.78. The van der Waals surface area contributed by atoms with E-state index >= 15 is 0 Å². The summed E-state index contributed by atoms with van der Waals surface area (Å²) < 4.78 is 2.26. The van der Waals surface area contributed by atoms with Gasteiger partial charge in [-0.25, -0.2) is 4.98 Å². The summed E-state index contributed by atoms with van der Waals surface area (Å²) in [7, 11) is 2.13. The second-order valence-electron chi connectivity index (χ2n) is 5.10. The molecule has 17 heavy (non-hydrogen) atoms. The molecule has 1 aliphatic heterocycles. The number of aryl methyl sites for hydroxylation is 2. The molecule has 0 radical (unpaired) electrons. The number of piperidine rings is 1. The minimum absolute atomic E-state index is 0.642. The number of nitrogens with one attached hydrogen (secondary N) is 1. The molecule has 0 aromatic carbocycles. The van der Waals surface area contributed by atoms with E-state index in [0.29, 0.717) is 5.92 Å². The van der Waals surface area contributed by atoms with Crippen molar-refractivity contribution in [1.29, 1.82) is 0 Å². The average Bonchev–Trinajstić information content (AvgIpc) is 2.67. The molecule has 1 aliphatic rings. The van der Waals surface area contributed by atoms with E-state index in [2.05, 4.69) is 41.0 Å². The molecule has 3 nitrogen and oxygen atoms in total. The summed E-state index contributed by atoms with van der Waals surface area (Å²) in [5.41, 5.74) is 3.76. The van der Waals surface area contributed by atoms with Gasteiger partial charge in [-0.15, -0.1) is 0 Å². The van der Waals surface area contributed by atoms with Crippen LogP contribution in [0.25, 0.3) is 11.0 Å². The number of pyridine rings is 1. The quantitative estimate of drug-likeness (QED) is 0.813. The van der Waals surface area contributed by atoms with E-state index in [1.807, 2.05) is 6.20 Å². The first kappa shape index (κ1) is 10.8. The average molecular weight is 229 g/mol. The standard InChI is InChI=1S/C14H19N3/c1-10-6-12-7-13(11-4-3-5-15-9-11)17(2)14(12)16-8-10/h6-8,11,15H,3-5,9H2,1-2H3. The summed E-state index contributed by atoms with van der Waals surface area (Å²) in [6.45, 7) is 4.36. The van der Waals surface area contributed by atoms with Gasteiger partial charge in [0, 0.05) is 36.8 Å². The molecule has 0 saturated carbocycles. The molecule has 3 heterocycles. The molecule has 1 unspecified atom stereocenters. The van der Waals surface area contributed by atoms with E-state index in [1.54, 1.807) is 0 Å². The third-order valence-electron chi connectivity index (χ3n) is 3.76. The highest BCUT2D eigenvalue weighted by atomic mass is 15.0. The topological polar surface area (TPSA) is 29.9 Å². The molecule has 3 rings (SSSR count). The van der Waals surface area contributed by atoms with Crippen molar-refractivity contribution in [2.24, 2.45) is 7.05 Å². The zero-order valence-corrected chi connectivity index (χ0v) is 10.5. The molecule has 3 heteroatoms. The highest BCUT2D eigenvalue weighted by Gasteiger charge is 2.19. The van der Waals surface area contributed by atoms with Crippen molar-refractivity contribution in [1.82, 2.24) is 14.9 Å². The Hall–Kier alpha value is -1.35. The molecule has 2 aromatic heterocycles. The number of fused-ring (bicyclic) bond motifs is 1. The molecule has 1 saturated heterocycles. The molecule has 0 bridgehead atoms. The van der Waals surface area contributed by atoms with Crippen molar-refractivity contribution in [3.05, 3.63) is 29.6 Å². The lowest BCUT2D eigenvalue weighted by Gasteiger charge is -2.23. The Bertz CT molecular complexity index is 536. The van der Waals surface area contributed by atoms with Gasteiger partial charge in [0.2, 0.25) is 0 Å². The van der Waals surface area contributed by atoms with E-state index in [4.69, 9.17) is 0 Å². The first-order valence-electron chi connectivity index (χ1n) is 6.38. The first-order chi connectivity index (χ1) is 8.25. The maximum atomic E-state index is 4.54. The molecule has 0 spiro atoms. The van der Waals surface area contributed by atoms with Crippen LogP contribution in [0.3, 0.4) is 0 Å². The van der Waals surface area contributed by atoms with Gasteiger partial charge in [0.25, 0.3) is 0 Å². The highest BCUT2D eigenvalue weighted by Crippen LogP contribution is 2.28. The summed E-state index contributed by atoms with van der Waals surface area (Å²) >= 11 is 0. The zero-order chi connectivity index (χ0) is 11.8. The smallest absolute Gasteiger partial charge is 0.139 e. The van der Waals surface area contributed by atoms with Gasteiger partial charge in [-0.3, -0.25) is 0 Å². The molecule has 1 N–H and O–H groups in total. The van der Waals surface area contributed by atoms with E-state index in [1.165, 1.54) is 29.5 Å². The molecule has 1 atom stereocenters.